The summed E-state index contributed by atoms with van der Waals surface area (Å²) in [6.07, 6.45) is 0. The largest absolute Gasteiger partial charge is 0.481 e. The molecule has 0 spiro atoms. The first kappa shape index (κ1) is 13.3. The first-order chi connectivity index (χ1) is 9.11. The number of rotatable bonds is 2. The van der Waals surface area contributed by atoms with Crippen LogP contribution < -0.4 is 4.74 Å². The molecule has 0 radical (unpaired) electrons. The van der Waals surface area contributed by atoms with Crippen molar-refractivity contribution in [2.24, 2.45) is 0 Å². The van der Waals surface area contributed by atoms with E-state index in [0.717, 1.165) is 0 Å². The number of nitrogens with zero attached hydrogens (tertiary/aromatic N) is 3. The van der Waals surface area contributed by atoms with Crippen molar-refractivity contribution in [3.05, 3.63) is 23.9 Å². The predicted molar refractivity (Wildman–Crippen MR) is 68.9 cm³/mol. The van der Waals surface area contributed by atoms with E-state index in [1.165, 1.54) is 7.11 Å². The highest BCUT2D eigenvalue weighted by Gasteiger charge is 2.24. The van der Waals surface area contributed by atoms with E-state index >= 15 is 0 Å². The van der Waals surface area contributed by atoms with E-state index in [0.29, 0.717) is 37.8 Å². The fourth-order valence-electron chi connectivity index (χ4n) is 2.03. The van der Waals surface area contributed by atoms with Crippen molar-refractivity contribution in [1.82, 2.24) is 14.8 Å². The van der Waals surface area contributed by atoms with Crippen LogP contribution in [-0.2, 0) is 4.79 Å². The second kappa shape index (κ2) is 5.69. The van der Waals surface area contributed by atoms with Gasteiger partial charge in [0.1, 0.15) is 5.69 Å². The SMILES string of the molecule is COc1cccc(C(=O)N2CCN(C(C)=O)CC2)n1. The molecule has 2 heterocycles. The van der Waals surface area contributed by atoms with Gasteiger partial charge in [0.15, 0.2) is 0 Å². The van der Waals surface area contributed by atoms with Crippen LogP contribution in [0.15, 0.2) is 18.2 Å². The lowest BCUT2D eigenvalue weighted by Crippen LogP contribution is -2.50. The molecule has 6 heteroatoms. The lowest BCUT2D eigenvalue weighted by Gasteiger charge is -2.34. The van der Waals surface area contributed by atoms with Crippen molar-refractivity contribution in [3.63, 3.8) is 0 Å². The molecular weight excluding hydrogens is 246 g/mol. The lowest BCUT2D eigenvalue weighted by atomic mass is 10.2. The van der Waals surface area contributed by atoms with E-state index in [1.807, 2.05) is 0 Å². The molecule has 1 aromatic rings. The molecule has 0 saturated carbocycles. The first-order valence-corrected chi connectivity index (χ1v) is 6.17. The van der Waals surface area contributed by atoms with E-state index in [1.54, 1.807) is 34.9 Å². The molecule has 0 aromatic carbocycles. The maximum absolute atomic E-state index is 12.2. The summed E-state index contributed by atoms with van der Waals surface area (Å²) in [5.74, 6) is 0.349. The molecule has 0 unspecified atom stereocenters. The van der Waals surface area contributed by atoms with Gasteiger partial charge in [0.25, 0.3) is 5.91 Å². The molecule has 0 atom stereocenters. The van der Waals surface area contributed by atoms with Crippen molar-refractivity contribution in [3.8, 4) is 5.88 Å². The maximum Gasteiger partial charge on any atom is 0.272 e. The van der Waals surface area contributed by atoms with Gasteiger partial charge in [-0.2, -0.15) is 0 Å². The zero-order chi connectivity index (χ0) is 13.8. The normalized spacial score (nSPS) is 15.3. The van der Waals surface area contributed by atoms with E-state index < -0.39 is 0 Å². The molecule has 1 aliphatic heterocycles. The van der Waals surface area contributed by atoms with Gasteiger partial charge in [-0.25, -0.2) is 4.98 Å². The highest BCUT2D eigenvalue weighted by molar-refractivity contribution is 5.92. The average molecular weight is 263 g/mol. The van der Waals surface area contributed by atoms with Crippen LogP contribution in [0, 0.1) is 0 Å². The number of hydrogen-bond acceptors (Lipinski definition) is 4. The Morgan fingerprint density at radius 1 is 1.16 bits per heavy atom. The molecule has 1 aliphatic rings. The van der Waals surface area contributed by atoms with E-state index in [4.69, 9.17) is 4.74 Å². The average Bonchev–Trinajstić information content (AvgIpc) is 2.46. The minimum Gasteiger partial charge on any atom is -0.481 e. The van der Waals surface area contributed by atoms with Gasteiger partial charge in [-0.05, 0) is 6.07 Å². The summed E-state index contributed by atoms with van der Waals surface area (Å²) < 4.78 is 5.01. The Hall–Kier alpha value is -2.11. The molecule has 102 valence electrons. The third-order valence-corrected chi connectivity index (χ3v) is 3.16. The summed E-state index contributed by atoms with van der Waals surface area (Å²) in [6.45, 7) is 3.77. The number of carbonyl (C=O) groups is 2. The number of pyridine rings is 1. The summed E-state index contributed by atoms with van der Waals surface area (Å²) in [7, 11) is 1.52. The Bertz CT molecular complexity index is 482. The van der Waals surface area contributed by atoms with Crippen molar-refractivity contribution < 1.29 is 14.3 Å². The smallest absolute Gasteiger partial charge is 0.272 e. The maximum atomic E-state index is 12.2. The van der Waals surface area contributed by atoms with Crippen LogP contribution in [0.3, 0.4) is 0 Å². The molecule has 0 N–H and O–H groups in total. The third-order valence-electron chi connectivity index (χ3n) is 3.16. The highest BCUT2D eigenvalue weighted by atomic mass is 16.5. The van der Waals surface area contributed by atoms with Gasteiger partial charge in [0, 0.05) is 39.2 Å². The monoisotopic (exact) mass is 263 g/mol. The highest BCUT2D eigenvalue weighted by Crippen LogP contribution is 2.11. The minimum atomic E-state index is -0.123. The second-order valence-electron chi connectivity index (χ2n) is 4.36. The molecule has 0 bridgehead atoms. The first-order valence-electron chi connectivity index (χ1n) is 6.17. The number of ether oxygens (including phenoxy) is 1. The topological polar surface area (TPSA) is 62.7 Å². The molecule has 6 nitrogen and oxygen atoms in total. The van der Waals surface area contributed by atoms with Crippen molar-refractivity contribution >= 4 is 11.8 Å². The van der Waals surface area contributed by atoms with Crippen molar-refractivity contribution in [1.29, 1.82) is 0 Å². The molecular formula is C13H17N3O3. The number of carbonyl (C=O) groups excluding carboxylic acids is 2. The quantitative estimate of drug-likeness (QED) is 0.774. The lowest BCUT2D eigenvalue weighted by molar-refractivity contribution is -0.130. The third kappa shape index (κ3) is 3.01. The van der Waals surface area contributed by atoms with Gasteiger partial charge in [0.05, 0.1) is 7.11 Å². The fourth-order valence-corrected chi connectivity index (χ4v) is 2.03. The predicted octanol–water partition coefficient (Wildman–Crippen LogP) is 0.394. The van der Waals surface area contributed by atoms with Crippen molar-refractivity contribution in [2.45, 2.75) is 6.92 Å². The Balaban J connectivity index is 2.02. The molecule has 1 fully saturated rings. The Morgan fingerprint density at radius 3 is 2.37 bits per heavy atom. The zero-order valence-corrected chi connectivity index (χ0v) is 11.1. The van der Waals surface area contributed by atoms with Crippen LogP contribution in [0.25, 0.3) is 0 Å². The van der Waals surface area contributed by atoms with Crippen LogP contribution in [0.2, 0.25) is 0 Å². The Labute approximate surface area is 112 Å². The van der Waals surface area contributed by atoms with E-state index in [2.05, 4.69) is 4.98 Å². The number of methoxy groups -OCH3 is 1. The van der Waals surface area contributed by atoms with Gasteiger partial charge in [-0.1, -0.05) is 6.07 Å². The standard InChI is InChI=1S/C13H17N3O3/c1-10(17)15-6-8-16(9-7-15)13(18)11-4-3-5-12(14-11)19-2/h3-5H,6-9H2,1-2H3. The molecule has 1 saturated heterocycles. The molecule has 2 amide bonds. The van der Waals surface area contributed by atoms with Gasteiger partial charge in [-0.3, -0.25) is 9.59 Å². The van der Waals surface area contributed by atoms with Gasteiger partial charge in [-0.15, -0.1) is 0 Å². The number of hydrogen-bond donors (Lipinski definition) is 0. The minimum absolute atomic E-state index is 0.0478. The van der Waals surface area contributed by atoms with Gasteiger partial charge >= 0.3 is 0 Å². The molecule has 19 heavy (non-hydrogen) atoms. The number of piperazine rings is 1. The summed E-state index contributed by atoms with van der Waals surface area (Å²) in [5.41, 5.74) is 0.371. The molecule has 2 rings (SSSR count). The van der Waals surface area contributed by atoms with E-state index in [9.17, 15) is 9.59 Å². The summed E-state index contributed by atoms with van der Waals surface area (Å²) in [5, 5.41) is 0. The summed E-state index contributed by atoms with van der Waals surface area (Å²) in [6, 6.07) is 5.11. The Morgan fingerprint density at radius 2 is 1.79 bits per heavy atom. The van der Waals surface area contributed by atoms with Crippen molar-refractivity contribution in [2.75, 3.05) is 33.3 Å². The van der Waals surface area contributed by atoms with Crippen LogP contribution in [0.1, 0.15) is 17.4 Å². The molecule has 1 aromatic heterocycles. The van der Waals surface area contributed by atoms with Gasteiger partial charge < -0.3 is 14.5 Å². The van der Waals surface area contributed by atoms with Crippen LogP contribution in [0.4, 0.5) is 0 Å². The fraction of sp³-hybridized carbons (Fsp3) is 0.462. The summed E-state index contributed by atoms with van der Waals surface area (Å²) in [4.78, 5) is 31.0. The van der Waals surface area contributed by atoms with Crippen LogP contribution in [-0.4, -0.2) is 59.9 Å². The molecule has 0 aliphatic carbocycles. The Kier molecular flexibility index (Phi) is 3.99. The summed E-state index contributed by atoms with van der Waals surface area (Å²) >= 11 is 0. The van der Waals surface area contributed by atoms with E-state index in [-0.39, 0.29) is 11.8 Å². The van der Waals surface area contributed by atoms with Crippen LogP contribution >= 0.6 is 0 Å². The zero-order valence-electron chi connectivity index (χ0n) is 11.1. The van der Waals surface area contributed by atoms with Gasteiger partial charge in [0.2, 0.25) is 11.8 Å². The number of aromatic nitrogens is 1. The van der Waals surface area contributed by atoms with Crippen LogP contribution in [0.5, 0.6) is 5.88 Å². The number of amides is 2. The second-order valence-corrected chi connectivity index (χ2v) is 4.36.